The van der Waals surface area contributed by atoms with Gasteiger partial charge in [0, 0.05) is 12.5 Å². The predicted molar refractivity (Wildman–Crippen MR) is 70.4 cm³/mol. The van der Waals surface area contributed by atoms with Gasteiger partial charge in [-0.3, -0.25) is 0 Å². The highest BCUT2D eigenvalue weighted by molar-refractivity contribution is 5.68. The molecule has 0 aromatic rings. The van der Waals surface area contributed by atoms with Crippen molar-refractivity contribution in [2.24, 2.45) is 11.8 Å². The van der Waals surface area contributed by atoms with E-state index in [0.717, 1.165) is 12.7 Å². The summed E-state index contributed by atoms with van der Waals surface area (Å²) >= 11 is 0. The number of nitrogens with one attached hydrogen (secondary N) is 1. The number of hydrogen-bond donors (Lipinski definition) is 1. The first-order valence-corrected chi connectivity index (χ1v) is 6.83. The normalized spacial score (nSPS) is 18.4. The summed E-state index contributed by atoms with van der Waals surface area (Å²) < 4.78 is 5.14. The van der Waals surface area contributed by atoms with Crippen molar-refractivity contribution >= 4 is 12.4 Å². The molecular formula is C14H25NO3. The van der Waals surface area contributed by atoms with E-state index in [9.17, 15) is 9.59 Å². The van der Waals surface area contributed by atoms with Crippen molar-refractivity contribution in [3.8, 4) is 0 Å². The zero-order valence-electron chi connectivity index (χ0n) is 11.7. The minimum absolute atomic E-state index is 0.0828. The van der Waals surface area contributed by atoms with Gasteiger partial charge in [0.1, 0.15) is 11.9 Å². The third-order valence-electron chi connectivity index (χ3n) is 3.21. The van der Waals surface area contributed by atoms with Crippen LogP contribution in [0.5, 0.6) is 0 Å². The first-order chi connectivity index (χ1) is 8.40. The van der Waals surface area contributed by atoms with Crippen LogP contribution in [0.1, 0.15) is 52.9 Å². The molecule has 1 N–H and O–H groups in total. The van der Waals surface area contributed by atoms with Crippen molar-refractivity contribution in [1.82, 2.24) is 5.32 Å². The van der Waals surface area contributed by atoms with Crippen LogP contribution in [-0.2, 0) is 9.53 Å². The Morgan fingerprint density at radius 1 is 1.39 bits per heavy atom. The molecule has 0 aromatic heterocycles. The Kier molecular flexibility index (Phi) is 5.63. The molecule has 0 saturated heterocycles. The number of rotatable bonds is 5. The van der Waals surface area contributed by atoms with Gasteiger partial charge >= 0.3 is 6.09 Å². The highest BCUT2D eigenvalue weighted by Crippen LogP contribution is 2.29. The zero-order chi connectivity index (χ0) is 13.6. The number of aldehydes is 1. The molecule has 0 spiro atoms. The van der Waals surface area contributed by atoms with E-state index in [0.29, 0.717) is 12.5 Å². The van der Waals surface area contributed by atoms with Crippen LogP contribution in [0.2, 0.25) is 0 Å². The van der Waals surface area contributed by atoms with Gasteiger partial charge in [0.05, 0.1) is 0 Å². The van der Waals surface area contributed by atoms with Crippen molar-refractivity contribution < 1.29 is 14.3 Å². The third-order valence-corrected chi connectivity index (χ3v) is 3.21. The van der Waals surface area contributed by atoms with E-state index >= 15 is 0 Å². The highest BCUT2D eigenvalue weighted by atomic mass is 16.6. The maximum atomic E-state index is 11.5. The molecule has 1 amide bonds. The number of ether oxygens (including phenoxy) is 1. The number of amides is 1. The first-order valence-electron chi connectivity index (χ1n) is 6.83. The van der Waals surface area contributed by atoms with Crippen LogP contribution in [0.25, 0.3) is 0 Å². The van der Waals surface area contributed by atoms with Gasteiger partial charge in [-0.25, -0.2) is 4.79 Å². The van der Waals surface area contributed by atoms with Crippen LogP contribution in [-0.4, -0.2) is 24.5 Å². The summed E-state index contributed by atoms with van der Waals surface area (Å²) in [7, 11) is 0. The van der Waals surface area contributed by atoms with E-state index in [1.165, 1.54) is 25.7 Å². The van der Waals surface area contributed by atoms with Crippen LogP contribution in [0.15, 0.2) is 0 Å². The summed E-state index contributed by atoms with van der Waals surface area (Å²) in [5, 5.41) is 2.67. The standard InChI is InChI=1S/C14H25NO3/c1-14(2,3)18-13(17)15-9-12(10-16)8-11-6-4-5-7-11/h10-12H,4-9H2,1-3H3,(H,15,17). The molecule has 4 nitrogen and oxygen atoms in total. The monoisotopic (exact) mass is 255 g/mol. The van der Waals surface area contributed by atoms with Crippen molar-refractivity contribution in [2.75, 3.05) is 6.54 Å². The second-order valence-corrected chi connectivity index (χ2v) is 6.17. The van der Waals surface area contributed by atoms with Crippen LogP contribution >= 0.6 is 0 Å². The molecule has 0 heterocycles. The maximum absolute atomic E-state index is 11.5. The summed E-state index contributed by atoms with van der Waals surface area (Å²) in [4.78, 5) is 22.5. The van der Waals surface area contributed by atoms with Gasteiger partial charge in [-0.1, -0.05) is 25.7 Å². The lowest BCUT2D eigenvalue weighted by molar-refractivity contribution is -0.111. The Morgan fingerprint density at radius 2 is 2.00 bits per heavy atom. The Labute approximate surface area is 109 Å². The van der Waals surface area contributed by atoms with Crippen molar-refractivity contribution in [3.63, 3.8) is 0 Å². The van der Waals surface area contributed by atoms with Gasteiger partial charge in [-0.2, -0.15) is 0 Å². The Morgan fingerprint density at radius 3 is 2.50 bits per heavy atom. The molecule has 1 aliphatic carbocycles. The molecule has 1 fully saturated rings. The van der Waals surface area contributed by atoms with Crippen LogP contribution in [0.4, 0.5) is 4.79 Å². The minimum atomic E-state index is -0.494. The average molecular weight is 255 g/mol. The van der Waals surface area contributed by atoms with Crippen molar-refractivity contribution in [3.05, 3.63) is 0 Å². The van der Waals surface area contributed by atoms with Crippen LogP contribution < -0.4 is 5.32 Å². The van der Waals surface area contributed by atoms with E-state index in [4.69, 9.17) is 4.74 Å². The minimum Gasteiger partial charge on any atom is -0.444 e. The quantitative estimate of drug-likeness (QED) is 0.768. The topological polar surface area (TPSA) is 55.4 Å². The summed E-state index contributed by atoms with van der Waals surface area (Å²) in [6.45, 7) is 5.85. The largest absolute Gasteiger partial charge is 0.444 e. The van der Waals surface area contributed by atoms with Gasteiger partial charge < -0.3 is 14.8 Å². The Bertz CT molecular complexity index is 277. The van der Waals surface area contributed by atoms with Gasteiger partial charge in [-0.05, 0) is 33.1 Å². The highest BCUT2D eigenvalue weighted by Gasteiger charge is 2.21. The fourth-order valence-electron chi connectivity index (χ4n) is 2.39. The smallest absolute Gasteiger partial charge is 0.407 e. The van der Waals surface area contributed by atoms with E-state index in [-0.39, 0.29) is 5.92 Å². The van der Waals surface area contributed by atoms with E-state index < -0.39 is 11.7 Å². The SMILES string of the molecule is CC(C)(C)OC(=O)NCC(C=O)CC1CCCC1. The van der Waals surface area contributed by atoms with Gasteiger partial charge in [0.25, 0.3) is 0 Å². The average Bonchev–Trinajstić information content (AvgIpc) is 2.74. The van der Waals surface area contributed by atoms with Gasteiger partial charge in [-0.15, -0.1) is 0 Å². The molecule has 4 heteroatoms. The predicted octanol–water partition coefficient (Wildman–Crippen LogP) is 2.91. The lowest BCUT2D eigenvalue weighted by Gasteiger charge is -2.21. The van der Waals surface area contributed by atoms with Gasteiger partial charge in [0.15, 0.2) is 0 Å². The number of hydrogen-bond acceptors (Lipinski definition) is 3. The fourth-order valence-corrected chi connectivity index (χ4v) is 2.39. The number of carbonyl (C=O) groups excluding carboxylic acids is 2. The molecule has 0 bridgehead atoms. The van der Waals surface area contributed by atoms with E-state index in [2.05, 4.69) is 5.32 Å². The summed E-state index contributed by atoms with van der Waals surface area (Å²) in [6, 6.07) is 0. The third kappa shape index (κ3) is 6.03. The lowest BCUT2D eigenvalue weighted by Crippen LogP contribution is -2.36. The van der Waals surface area contributed by atoms with Crippen molar-refractivity contribution in [1.29, 1.82) is 0 Å². The molecule has 1 unspecified atom stereocenters. The molecule has 1 atom stereocenters. The summed E-state index contributed by atoms with van der Waals surface area (Å²) in [6.07, 6.45) is 6.38. The molecular weight excluding hydrogens is 230 g/mol. The second-order valence-electron chi connectivity index (χ2n) is 6.17. The molecule has 1 saturated carbocycles. The zero-order valence-corrected chi connectivity index (χ0v) is 11.7. The Balaban J connectivity index is 2.26. The lowest BCUT2D eigenvalue weighted by atomic mass is 9.94. The maximum Gasteiger partial charge on any atom is 0.407 e. The summed E-state index contributed by atoms with van der Waals surface area (Å²) in [5.41, 5.74) is -0.494. The molecule has 1 aliphatic rings. The van der Waals surface area contributed by atoms with E-state index in [1.807, 2.05) is 20.8 Å². The number of carbonyl (C=O) groups is 2. The van der Waals surface area contributed by atoms with E-state index in [1.54, 1.807) is 0 Å². The molecule has 0 aliphatic heterocycles. The second kappa shape index (κ2) is 6.76. The number of alkyl carbamates (subject to hydrolysis) is 1. The molecule has 1 rings (SSSR count). The van der Waals surface area contributed by atoms with Crippen LogP contribution in [0, 0.1) is 11.8 Å². The molecule has 18 heavy (non-hydrogen) atoms. The molecule has 0 aromatic carbocycles. The first kappa shape index (κ1) is 15.0. The molecule has 0 radical (unpaired) electrons. The van der Waals surface area contributed by atoms with Crippen LogP contribution in [0.3, 0.4) is 0 Å². The fraction of sp³-hybridized carbons (Fsp3) is 0.857. The molecule has 104 valence electrons. The van der Waals surface area contributed by atoms with Crippen molar-refractivity contribution in [2.45, 2.75) is 58.5 Å². The summed E-state index contributed by atoms with van der Waals surface area (Å²) in [5.74, 6) is 0.571. The Hall–Kier alpha value is -1.06. The van der Waals surface area contributed by atoms with Gasteiger partial charge in [0.2, 0.25) is 0 Å².